The Kier molecular flexibility index (Phi) is 4.62. The molecule has 0 saturated carbocycles. The van der Waals surface area contributed by atoms with Crippen molar-refractivity contribution >= 4 is 5.91 Å². The number of para-hydroxylation sites is 1. The monoisotopic (exact) mass is 287 g/mol. The number of aromatic nitrogens is 2. The molecule has 0 radical (unpaired) electrons. The van der Waals surface area contributed by atoms with Crippen LogP contribution in [0.4, 0.5) is 0 Å². The molecule has 5 heteroatoms. The van der Waals surface area contributed by atoms with Crippen LogP contribution in [0.1, 0.15) is 26.3 Å². The molecule has 0 aliphatic heterocycles. The normalized spacial score (nSPS) is 12.2. The van der Waals surface area contributed by atoms with E-state index in [0.29, 0.717) is 5.88 Å². The van der Waals surface area contributed by atoms with Gasteiger partial charge in [0.25, 0.3) is 5.91 Å². The van der Waals surface area contributed by atoms with Crippen LogP contribution in [0.3, 0.4) is 0 Å². The van der Waals surface area contributed by atoms with Gasteiger partial charge in [0.15, 0.2) is 6.10 Å². The Morgan fingerprint density at radius 1 is 1.24 bits per heavy atom. The molecule has 0 spiro atoms. The number of amides is 1. The Bertz CT molecular complexity index is 605. The van der Waals surface area contributed by atoms with E-state index in [-0.39, 0.29) is 11.9 Å². The number of carbonyl (C=O) groups is 1. The van der Waals surface area contributed by atoms with Crippen LogP contribution in [0.5, 0.6) is 5.88 Å². The van der Waals surface area contributed by atoms with Crippen molar-refractivity contribution in [3.05, 3.63) is 42.1 Å². The summed E-state index contributed by atoms with van der Waals surface area (Å²) in [5.41, 5.74) is 1.85. The zero-order valence-corrected chi connectivity index (χ0v) is 12.8. The predicted molar refractivity (Wildman–Crippen MR) is 81.7 cm³/mol. The third-order valence-electron chi connectivity index (χ3n) is 2.96. The number of hydrogen-bond donors (Lipinski definition) is 1. The minimum absolute atomic E-state index is 0.0894. The van der Waals surface area contributed by atoms with E-state index in [9.17, 15) is 4.79 Å². The SMILES string of the molecule is Cc1cn(-c2ccccc2)nc1OC(C)C(=O)NC(C)C. The van der Waals surface area contributed by atoms with Gasteiger partial charge in [-0.3, -0.25) is 4.79 Å². The maximum atomic E-state index is 11.9. The summed E-state index contributed by atoms with van der Waals surface area (Å²) in [6.45, 7) is 7.47. The lowest BCUT2D eigenvalue weighted by molar-refractivity contribution is -0.127. The van der Waals surface area contributed by atoms with Crippen LogP contribution in [0.15, 0.2) is 36.5 Å². The topological polar surface area (TPSA) is 56.2 Å². The largest absolute Gasteiger partial charge is 0.463 e. The van der Waals surface area contributed by atoms with E-state index >= 15 is 0 Å². The summed E-state index contributed by atoms with van der Waals surface area (Å²) in [5.74, 6) is 0.337. The fourth-order valence-corrected chi connectivity index (χ4v) is 1.90. The molecule has 0 aliphatic carbocycles. The van der Waals surface area contributed by atoms with Gasteiger partial charge in [-0.05, 0) is 39.8 Å². The molecule has 0 saturated heterocycles. The van der Waals surface area contributed by atoms with E-state index in [1.165, 1.54) is 0 Å². The highest BCUT2D eigenvalue weighted by atomic mass is 16.5. The van der Waals surface area contributed by atoms with Crippen molar-refractivity contribution in [1.82, 2.24) is 15.1 Å². The predicted octanol–water partition coefficient (Wildman–Crippen LogP) is 2.47. The van der Waals surface area contributed by atoms with E-state index in [0.717, 1.165) is 11.3 Å². The van der Waals surface area contributed by atoms with Crippen LogP contribution in [-0.4, -0.2) is 27.8 Å². The minimum atomic E-state index is -0.578. The van der Waals surface area contributed by atoms with Gasteiger partial charge in [0.1, 0.15) is 0 Å². The third-order valence-corrected chi connectivity index (χ3v) is 2.96. The Morgan fingerprint density at radius 2 is 1.90 bits per heavy atom. The second-order valence-electron chi connectivity index (χ2n) is 5.32. The van der Waals surface area contributed by atoms with Crippen molar-refractivity contribution in [3.8, 4) is 11.6 Å². The van der Waals surface area contributed by atoms with Gasteiger partial charge in [0.2, 0.25) is 5.88 Å². The van der Waals surface area contributed by atoms with Crippen molar-refractivity contribution in [3.63, 3.8) is 0 Å². The number of nitrogens with one attached hydrogen (secondary N) is 1. The van der Waals surface area contributed by atoms with Crippen molar-refractivity contribution in [1.29, 1.82) is 0 Å². The molecule has 5 nitrogen and oxygen atoms in total. The van der Waals surface area contributed by atoms with Crippen LogP contribution in [0, 0.1) is 6.92 Å². The van der Waals surface area contributed by atoms with Crippen molar-refractivity contribution < 1.29 is 9.53 Å². The number of rotatable bonds is 5. The molecule has 21 heavy (non-hydrogen) atoms. The van der Waals surface area contributed by atoms with Crippen LogP contribution < -0.4 is 10.1 Å². The molecule has 1 heterocycles. The smallest absolute Gasteiger partial charge is 0.261 e. The van der Waals surface area contributed by atoms with Gasteiger partial charge in [0, 0.05) is 17.8 Å². The van der Waals surface area contributed by atoms with Crippen molar-refractivity contribution in [2.45, 2.75) is 39.8 Å². The molecule has 1 atom stereocenters. The standard InChI is InChI=1S/C16H21N3O2/c1-11(2)17-15(20)13(4)21-16-12(3)10-19(18-16)14-8-6-5-7-9-14/h5-11,13H,1-4H3,(H,17,20). The number of aryl methyl sites for hydroxylation is 1. The van der Waals surface area contributed by atoms with Gasteiger partial charge < -0.3 is 10.1 Å². The first kappa shape index (κ1) is 15.1. The first-order valence-corrected chi connectivity index (χ1v) is 7.06. The molecule has 112 valence electrons. The summed E-state index contributed by atoms with van der Waals surface area (Å²) in [5, 5.41) is 7.22. The minimum Gasteiger partial charge on any atom is -0.463 e. The Hall–Kier alpha value is -2.30. The molecule has 1 aromatic carbocycles. The number of nitrogens with zero attached hydrogens (tertiary/aromatic N) is 2. The highest BCUT2D eigenvalue weighted by Gasteiger charge is 2.18. The van der Waals surface area contributed by atoms with E-state index in [1.54, 1.807) is 11.6 Å². The van der Waals surface area contributed by atoms with E-state index in [2.05, 4.69) is 10.4 Å². The number of benzene rings is 1. The fraction of sp³-hybridized carbons (Fsp3) is 0.375. The average Bonchev–Trinajstić information content (AvgIpc) is 2.80. The van der Waals surface area contributed by atoms with Crippen LogP contribution >= 0.6 is 0 Å². The van der Waals surface area contributed by atoms with Crippen LogP contribution in [0.2, 0.25) is 0 Å². The maximum Gasteiger partial charge on any atom is 0.261 e. The zero-order valence-electron chi connectivity index (χ0n) is 12.8. The molecule has 1 amide bonds. The van der Waals surface area contributed by atoms with E-state index in [4.69, 9.17) is 4.74 Å². The lowest BCUT2D eigenvalue weighted by atomic mass is 10.3. The van der Waals surface area contributed by atoms with Crippen molar-refractivity contribution in [2.24, 2.45) is 0 Å². The van der Waals surface area contributed by atoms with Gasteiger partial charge >= 0.3 is 0 Å². The van der Waals surface area contributed by atoms with Gasteiger partial charge in [-0.1, -0.05) is 18.2 Å². The zero-order chi connectivity index (χ0) is 15.4. The summed E-state index contributed by atoms with van der Waals surface area (Å²) >= 11 is 0. The highest BCUT2D eigenvalue weighted by molar-refractivity contribution is 5.80. The summed E-state index contributed by atoms with van der Waals surface area (Å²) in [7, 11) is 0. The molecule has 1 N–H and O–H groups in total. The summed E-state index contributed by atoms with van der Waals surface area (Å²) in [6.07, 6.45) is 1.31. The first-order chi connectivity index (χ1) is 9.97. The third kappa shape index (κ3) is 3.84. The lowest BCUT2D eigenvalue weighted by Crippen LogP contribution is -2.40. The van der Waals surface area contributed by atoms with Gasteiger partial charge in [-0.2, -0.15) is 0 Å². The molecule has 0 bridgehead atoms. The highest BCUT2D eigenvalue weighted by Crippen LogP contribution is 2.19. The van der Waals surface area contributed by atoms with Gasteiger partial charge in [-0.25, -0.2) is 4.68 Å². The Balaban J connectivity index is 2.11. The quantitative estimate of drug-likeness (QED) is 0.919. The molecular formula is C16H21N3O2. The molecule has 2 rings (SSSR count). The molecule has 2 aromatic rings. The summed E-state index contributed by atoms with van der Waals surface area (Å²) < 4.78 is 7.41. The van der Waals surface area contributed by atoms with Gasteiger partial charge in [0.05, 0.1) is 5.69 Å². The van der Waals surface area contributed by atoms with E-state index < -0.39 is 6.10 Å². The number of carbonyl (C=O) groups excluding carboxylic acids is 1. The first-order valence-electron chi connectivity index (χ1n) is 7.06. The Morgan fingerprint density at radius 3 is 2.52 bits per heavy atom. The van der Waals surface area contributed by atoms with Crippen molar-refractivity contribution in [2.75, 3.05) is 0 Å². The molecule has 1 unspecified atom stereocenters. The second-order valence-corrected chi connectivity index (χ2v) is 5.32. The van der Waals surface area contributed by atoms with Crippen LogP contribution in [-0.2, 0) is 4.79 Å². The molecule has 0 fully saturated rings. The number of ether oxygens (including phenoxy) is 1. The summed E-state index contributed by atoms with van der Waals surface area (Å²) in [6, 6.07) is 9.87. The van der Waals surface area contributed by atoms with E-state index in [1.807, 2.05) is 57.3 Å². The Labute approximate surface area is 124 Å². The number of hydrogen-bond acceptors (Lipinski definition) is 3. The maximum absolute atomic E-state index is 11.9. The molecular weight excluding hydrogens is 266 g/mol. The average molecular weight is 287 g/mol. The lowest BCUT2D eigenvalue weighted by Gasteiger charge is -2.15. The van der Waals surface area contributed by atoms with Gasteiger partial charge in [-0.15, -0.1) is 5.10 Å². The fourth-order valence-electron chi connectivity index (χ4n) is 1.90. The summed E-state index contributed by atoms with van der Waals surface area (Å²) in [4.78, 5) is 11.9. The molecule has 1 aromatic heterocycles. The second kappa shape index (κ2) is 6.43. The molecule has 0 aliphatic rings. The van der Waals surface area contributed by atoms with Crippen LogP contribution in [0.25, 0.3) is 5.69 Å².